The first-order valence-electron chi connectivity index (χ1n) is 20.1. The van der Waals surface area contributed by atoms with Crippen LogP contribution in [0.25, 0.3) is 102 Å². The number of hydrogen-bond acceptors (Lipinski definition) is 7. The van der Waals surface area contributed by atoms with E-state index in [0.29, 0.717) is 40.6 Å². The van der Waals surface area contributed by atoms with Gasteiger partial charge in [-0.3, -0.25) is 0 Å². The van der Waals surface area contributed by atoms with Crippen molar-refractivity contribution in [2.24, 2.45) is 0 Å². The highest BCUT2D eigenvalue weighted by atomic mass is 15.0. The van der Waals surface area contributed by atoms with Gasteiger partial charge in [0.25, 0.3) is 0 Å². The third-order valence-electron chi connectivity index (χ3n) is 10.6. The van der Waals surface area contributed by atoms with E-state index < -0.39 is 0 Å². The minimum atomic E-state index is 0.552. The first kappa shape index (κ1) is 36.9. The number of rotatable bonds is 9. The second-order valence-electron chi connectivity index (χ2n) is 14.6. The van der Waals surface area contributed by atoms with Crippen molar-refractivity contribution >= 4 is 5.69 Å². The number of nitrogen functional groups attached to an aromatic ring is 1. The summed E-state index contributed by atoms with van der Waals surface area (Å²) in [6.45, 7) is 0. The van der Waals surface area contributed by atoms with Gasteiger partial charge in [0.15, 0.2) is 34.9 Å². The molecule has 0 radical (unpaired) electrons. The Kier molecular flexibility index (Phi) is 9.94. The van der Waals surface area contributed by atoms with E-state index in [-0.39, 0.29) is 0 Å². The first-order valence-corrected chi connectivity index (χ1v) is 20.1. The van der Waals surface area contributed by atoms with Gasteiger partial charge in [-0.25, -0.2) is 29.9 Å². The maximum atomic E-state index is 6.25. The average molecular weight is 784 g/mol. The van der Waals surface area contributed by atoms with Crippen molar-refractivity contribution in [3.8, 4) is 102 Å². The van der Waals surface area contributed by atoms with Crippen molar-refractivity contribution in [1.82, 2.24) is 29.9 Å². The predicted molar refractivity (Wildman–Crippen MR) is 247 cm³/mol. The monoisotopic (exact) mass is 783 g/mol. The summed E-state index contributed by atoms with van der Waals surface area (Å²) in [5.41, 5.74) is 18.2. The second-order valence-corrected chi connectivity index (χ2v) is 14.6. The van der Waals surface area contributed by atoms with Gasteiger partial charge in [0.05, 0.1) is 0 Å². The molecular weight excluding hydrogens is 747 g/mol. The van der Waals surface area contributed by atoms with Gasteiger partial charge < -0.3 is 5.73 Å². The van der Waals surface area contributed by atoms with E-state index in [2.05, 4.69) is 54.6 Å². The summed E-state index contributed by atoms with van der Waals surface area (Å²) in [6.07, 6.45) is 0. The van der Waals surface area contributed by atoms with Crippen molar-refractivity contribution in [2.75, 3.05) is 5.73 Å². The molecule has 0 atom stereocenters. The molecule has 0 bridgehead atoms. The molecule has 0 aliphatic carbocycles. The smallest absolute Gasteiger partial charge is 0.164 e. The quantitative estimate of drug-likeness (QED) is 0.145. The highest BCUT2D eigenvalue weighted by Gasteiger charge is 2.21. The third-order valence-corrected chi connectivity index (χ3v) is 10.6. The van der Waals surface area contributed by atoms with E-state index in [9.17, 15) is 0 Å². The van der Waals surface area contributed by atoms with Crippen LogP contribution in [0.4, 0.5) is 5.69 Å². The van der Waals surface area contributed by atoms with Crippen LogP contribution in [0.3, 0.4) is 0 Å². The van der Waals surface area contributed by atoms with E-state index in [4.69, 9.17) is 35.6 Å². The van der Waals surface area contributed by atoms with Gasteiger partial charge in [-0.05, 0) is 57.6 Å². The van der Waals surface area contributed by atoms with Crippen molar-refractivity contribution in [1.29, 1.82) is 0 Å². The number of nitrogens with two attached hydrogens (primary N) is 1. The van der Waals surface area contributed by atoms with Crippen LogP contribution in [0.15, 0.2) is 212 Å². The minimum absolute atomic E-state index is 0.552. The van der Waals surface area contributed by atoms with Crippen molar-refractivity contribution in [2.45, 2.75) is 0 Å². The summed E-state index contributed by atoms with van der Waals surface area (Å²) in [6, 6.07) is 71.3. The molecule has 7 nitrogen and oxygen atoms in total. The Hall–Kier alpha value is -8.42. The number of hydrogen-bond donors (Lipinski definition) is 1. The van der Waals surface area contributed by atoms with Crippen LogP contribution >= 0.6 is 0 Å². The van der Waals surface area contributed by atoms with Gasteiger partial charge in [0.2, 0.25) is 0 Å². The molecule has 0 unspecified atom stereocenters. The number of anilines is 1. The lowest BCUT2D eigenvalue weighted by Crippen LogP contribution is -2.02. The fourth-order valence-corrected chi connectivity index (χ4v) is 7.55. The topological polar surface area (TPSA) is 103 Å². The lowest BCUT2D eigenvalue weighted by atomic mass is 9.92. The lowest BCUT2D eigenvalue weighted by molar-refractivity contribution is 1.07. The minimum Gasteiger partial charge on any atom is -0.399 e. The highest BCUT2D eigenvalue weighted by Crippen LogP contribution is 2.40. The van der Waals surface area contributed by atoms with Gasteiger partial charge in [0, 0.05) is 39.1 Å². The van der Waals surface area contributed by atoms with Crippen LogP contribution in [0.1, 0.15) is 0 Å². The molecule has 61 heavy (non-hydrogen) atoms. The molecule has 288 valence electrons. The number of aromatic nitrogens is 6. The summed E-state index contributed by atoms with van der Waals surface area (Å²) >= 11 is 0. The Morgan fingerprint density at radius 1 is 0.213 bits per heavy atom. The van der Waals surface area contributed by atoms with Crippen LogP contribution in [0.5, 0.6) is 0 Å². The zero-order chi connectivity index (χ0) is 41.0. The third kappa shape index (κ3) is 7.67. The summed E-state index contributed by atoms with van der Waals surface area (Å²) < 4.78 is 0. The lowest BCUT2D eigenvalue weighted by Gasteiger charge is -2.16. The fraction of sp³-hybridized carbons (Fsp3) is 0. The highest BCUT2D eigenvalue weighted by molar-refractivity contribution is 5.90. The molecule has 0 saturated heterocycles. The Morgan fingerprint density at radius 2 is 0.508 bits per heavy atom. The standard InChI is InChI=1S/C54H37N7/c55-42-32-29-37(30-33-42)48-35-41(44-26-14-16-28-46(44)52-57-49(38-19-7-2-8-20-38)56-50(58-52)39-21-9-3-10-22-39)31-34-47(48)54-60-51(40-23-11-4-12-24-40)59-53(61-54)45-27-15-13-25-43(45)36-17-5-1-6-18-36/h1-35H,55H2. The fourth-order valence-electron chi connectivity index (χ4n) is 7.55. The summed E-state index contributed by atoms with van der Waals surface area (Å²) in [7, 11) is 0. The number of nitrogens with zero attached hydrogens (tertiary/aromatic N) is 6. The SMILES string of the molecule is Nc1ccc(-c2cc(-c3ccccc3-c3nc(-c4ccccc4)nc(-c4ccccc4)n3)ccc2-c2nc(-c3ccccc3)nc(-c3ccccc3-c3ccccc3)n2)cc1. The van der Waals surface area contributed by atoms with Crippen LogP contribution in [-0.4, -0.2) is 29.9 Å². The normalized spacial score (nSPS) is 11.0. The molecule has 10 aromatic rings. The Labute approximate surface area is 354 Å². The van der Waals surface area contributed by atoms with Crippen molar-refractivity contribution in [3.63, 3.8) is 0 Å². The van der Waals surface area contributed by atoms with Crippen molar-refractivity contribution in [3.05, 3.63) is 212 Å². The summed E-state index contributed by atoms with van der Waals surface area (Å²) in [5.74, 6) is 3.50. The van der Waals surface area contributed by atoms with Crippen LogP contribution in [-0.2, 0) is 0 Å². The first-order chi connectivity index (χ1) is 30.1. The molecule has 10 rings (SSSR count). The van der Waals surface area contributed by atoms with Gasteiger partial charge in [-0.15, -0.1) is 0 Å². The van der Waals surface area contributed by atoms with Gasteiger partial charge in [-0.1, -0.05) is 188 Å². The van der Waals surface area contributed by atoms with Gasteiger partial charge >= 0.3 is 0 Å². The molecule has 0 amide bonds. The molecule has 2 N–H and O–H groups in total. The average Bonchev–Trinajstić information content (AvgIpc) is 3.35. The molecule has 2 heterocycles. The summed E-state index contributed by atoms with van der Waals surface area (Å²) in [4.78, 5) is 30.7. The van der Waals surface area contributed by atoms with Crippen LogP contribution in [0, 0.1) is 0 Å². The van der Waals surface area contributed by atoms with E-state index >= 15 is 0 Å². The molecular formula is C54H37N7. The van der Waals surface area contributed by atoms with E-state index in [1.165, 1.54) is 0 Å². The molecule has 8 aromatic carbocycles. The van der Waals surface area contributed by atoms with Gasteiger partial charge in [0.1, 0.15) is 0 Å². The van der Waals surface area contributed by atoms with E-state index in [0.717, 1.165) is 66.8 Å². The largest absolute Gasteiger partial charge is 0.399 e. The van der Waals surface area contributed by atoms with Gasteiger partial charge in [-0.2, -0.15) is 0 Å². The molecule has 0 aliphatic rings. The van der Waals surface area contributed by atoms with Crippen molar-refractivity contribution < 1.29 is 0 Å². The predicted octanol–water partition coefficient (Wildman–Crippen LogP) is 12.6. The molecule has 0 spiro atoms. The molecule has 0 fully saturated rings. The maximum absolute atomic E-state index is 6.25. The van der Waals surface area contributed by atoms with E-state index in [1.807, 2.05) is 158 Å². The molecule has 0 saturated carbocycles. The maximum Gasteiger partial charge on any atom is 0.164 e. The Bertz CT molecular complexity index is 3060. The molecule has 0 aliphatic heterocycles. The van der Waals surface area contributed by atoms with Crippen LogP contribution < -0.4 is 5.73 Å². The Morgan fingerprint density at radius 3 is 0.951 bits per heavy atom. The Balaban J connectivity index is 1.17. The molecule has 2 aromatic heterocycles. The van der Waals surface area contributed by atoms with E-state index in [1.54, 1.807) is 0 Å². The zero-order valence-corrected chi connectivity index (χ0v) is 33.0. The van der Waals surface area contributed by atoms with Crippen LogP contribution in [0.2, 0.25) is 0 Å². The molecule has 7 heteroatoms. The summed E-state index contributed by atoms with van der Waals surface area (Å²) in [5, 5.41) is 0. The number of benzene rings is 8. The second kappa shape index (κ2) is 16.4. The zero-order valence-electron chi connectivity index (χ0n) is 33.0.